The summed E-state index contributed by atoms with van der Waals surface area (Å²) in [4.78, 5) is 22.7. The van der Waals surface area contributed by atoms with Gasteiger partial charge in [0.2, 0.25) is 11.1 Å². The van der Waals surface area contributed by atoms with E-state index in [1.54, 1.807) is 26.0 Å². The lowest BCUT2D eigenvalue weighted by atomic mass is 10.1. The minimum absolute atomic E-state index is 0.0157. The molecule has 0 saturated carbocycles. The van der Waals surface area contributed by atoms with Crippen LogP contribution < -0.4 is 11.2 Å². The van der Waals surface area contributed by atoms with Gasteiger partial charge in [-0.15, -0.1) is 10.2 Å². The molecule has 1 amide bonds. The number of aryl methyl sites for hydroxylation is 1. The monoisotopic (exact) mass is 388 g/mol. The average molecular weight is 388 g/mol. The van der Waals surface area contributed by atoms with Crippen LogP contribution in [-0.4, -0.2) is 31.5 Å². The van der Waals surface area contributed by atoms with E-state index >= 15 is 0 Å². The highest BCUT2D eigenvalue weighted by Crippen LogP contribution is 2.27. The van der Waals surface area contributed by atoms with Gasteiger partial charge in [0.25, 0.3) is 5.69 Å². The lowest BCUT2D eigenvalue weighted by molar-refractivity contribution is -0.385. The van der Waals surface area contributed by atoms with Gasteiger partial charge in [0.1, 0.15) is 5.76 Å². The Morgan fingerprint density at radius 3 is 2.81 bits per heavy atom. The molecule has 2 aromatic heterocycles. The standard InChI is InChI=1S/C16H16N6O4S/c1-9-12(4-3-5-13(9)22(24)25)18-14(23)8-27-16-20-19-15(21(16)17)11-6-7-26-10(11)2/h3-7H,8,17H2,1-2H3,(H,18,23). The fraction of sp³-hybridized carbons (Fsp3) is 0.188. The summed E-state index contributed by atoms with van der Waals surface area (Å²) in [5.41, 5.74) is 1.44. The number of nitrogens with one attached hydrogen (secondary N) is 1. The molecule has 0 aliphatic carbocycles. The number of nitrogens with zero attached hydrogens (tertiary/aromatic N) is 4. The van der Waals surface area contributed by atoms with Crippen LogP contribution in [-0.2, 0) is 4.79 Å². The third-order valence-corrected chi connectivity index (χ3v) is 4.82. The molecule has 10 nitrogen and oxygen atoms in total. The van der Waals surface area contributed by atoms with Crippen LogP contribution in [0.2, 0.25) is 0 Å². The zero-order chi connectivity index (χ0) is 19.6. The van der Waals surface area contributed by atoms with Gasteiger partial charge < -0.3 is 15.6 Å². The topological polar surface area (TPSA) is 142 Å². The second kappa shape index (κ2) is 7.50. The van der Waals surface area contributed by atoms with E-state index in [0.29, 0.717) is 33.6 Å². The molecule has 1 aromatic carbocycles. The summed E-state index contributed by atoms with van der Waals surface area (Å²) in [6.45, 7) is 3.36. The third kappa shape index (κ3) is 3.77. The Morgan fingerprint density at radius 2 is 2.15 bits per heavy atom. The predicted molar refractivity (Wildman–Crippen MR) is 99.8 cm³/mol. The number of nitrogens with two attached hydrogens (primary N) is 1. The van der Waals surface area contributed by atoms with Gasteiger partial charge in [0.05, 0.1) is 33.8 Å². The average Bonchev–Trinajstić information content (AvgIpc) is 3.20. The smallest absolute Gasteiger partial charge is 0.274 e. The van der Waals surface area contributed by atoms with E-state index in [2.05, 4.69) is 15.5 Å². The van der Waals surface area contributed by atoms with Crippen molar-refractivity contribution in [3.05, 3.63) is 52.0 Å². The maximum absolute atomic E-state index is 12.2. The van der Waals surface area contributed by atoms with Crippen LogP contribution >= 0.6 is 11.8 Å². The van der Waals surface area contributed by atoms with E-state index in [1.165, 1.54) is 23.1 Å². The van der Waals surface area contributed by atoms with Crippen molar-refractivity contribution in [1.82, 2.24) is 14.9 Å². The number of hydrogen-bond donors (Lipinski definition) is 2. The summed E-state index contributed by atoms with van der Waals surface area (Å²) in [6.07, 6.45) is 1.53. The molecule has 3 aromatic rings. The van der Waals surface area contributed by atoms with Gasteiger partial charge in [0.15, 0.2) is 5.82 Å². The molecule has 0 atom stereocenters. The van der Waals surface area contributed by atoms with Crippen LogP contribution in [0.3, 0.4) is 0 Å². The number of hydrogen-bond acceptors (Lipinski definition) is 8. The van der Waals surface area contributed by atoms with Crippen molar-refractivity contribution < 1.29 is 14.1 Å². The molecule has 27 heavy (non-hydrogen) atoms. The van der Waals surface area contributed by atoms with Crippen LogP contribution in [0.1, 0.15) is 11.3 Å². The van der Waals surface area contributed by atoms with E-state index in [0.717, 1.165) is 11.8 Å². The summed E-state index contributed by atoms with van der Waals surface area (Å²) in [5, 5.41) is 22.0. The first-order valence-corrected chi connectivity index (χ1v) is 8.78. The Morgan fingerprint density at radius 1 is 1.37 bits per heavy atom. The quantitative estimate of drug-likeness (QED) is 0.284. The van der Waals surface area contributed by atoms with Crippen LogP contribution in [0.25, 0.3) is 11.4 Å². The molecule has 3 rings (SSSR count). The zero-order valence-corrected chi connectivity index (χ0v) is 15.3. The van der Waals surface area contributed by atoms with Gasteiger partial charge in [-0.05, 0) is 26.0 Å². The molecular formula is C16H16N6O4S. The van der Waals surface area contributed by atoms with Crippen molar-refractivity contribution in [1.29, 1.82) is 0 Å². The molecule has 11 heteroatoms. The fourth-order valence-corrected chi connectivity index (χ4v) is 3.11. The molecule has 0 saturated heterocycles. The second-order valence-electron chi connectivity index (χ2n) is 5.61. The molecule has 140 valence electrons. The van der Waals surface area contributed by atoms with Crippen molar-refractivity contribution >= 4 is 29.0 Å². The van der Waals surface area contributed by atoms with Gasteiger partial charge >= 0.3 is 0 Å². The Balaban J connectivity index is 1.67. The lowest BCUT2D eigenvalue weighted by Gasteiger charge is -2.08. The SMILES string of the molecule is Cc1occc1-c1nnc(SCC(=O)Nc2cccc([N+](=O)[O-])c2C)n1N. The Labute approximate surface area is 157 Å². The summed E-state index contributed by atoms with van der Waals surface area (Å²) < 4.78 is 6.52. The summed E-state index contributed by atoms with van der Waals surface area (Å²) in [5.74, 6) is 6.76. The van der Waals surface area contributed by atoms with E-state index < -0.39 is 4.92 Å². The third-order valence-electron chi connectivity index (χ3n) is 3.87. The molecule has 3 N–H and O–H groups in total. The van der Waals surface area contributed by atoms with Crippen molar-refractivity contribution in [3.8, 4) is 11.4 Å². The number of carbonyl (C=O) groups is 1. The van der Waals surface area contributed by atoms with Gasteiger partial charge in [-0.1, -0.05) is 17.8 Å². The van der Waals surface area contributed by atoms with E-state index in [4.69, 9.17) is 10.3 Å². The van der Waals surface area contributed by atoms with Crippen LogP contribution in [0.4, 0.5) is 11.4 Å². The number of nitrogen functional groups attached to an aromatic ring is 1. The van der Waals surface area contributed by atoms with Crippen LogP contribution in [0.5, 0.6) is 0 Å². The maximum atomic E-state index is 12.2. The highest BCUT2D eigenvalue weighted by molar-refractivity contribution is 7.99. The molecule has 0 fully saturated rings. The van der Waals surface area contributed by atoms with Crippen molar-refractivity contribution in [3.63, 3.8) is 0 Å². The summed E-state index contributed by atoms with van der Waals surface area (Å²) >= 11 is 1.10. The van der Waals surface area contributed by atoms with Gasteiger partial charge in [-0.2, -0.15) is 0 Å². The number of benzene rings is 1. The van der Waals surface area contributed by atoms with Crippen LogP contribution in [0.15, 0.2) is 40.1 Å². The number of amides is 1. The molecule has 0 unspecified atom stereocenters. The number of furan rings is 1. The number of nitro benzene ring substituents is 1. The molecule has 0 bridgehead atoms. The number of rotatable bonds is 6. The number of thioether (sulfide) groups is 1. The van der Waals surface area contributed by atoms with Gasteiger partial charge in [0, 0.05) is 6.07 Å². The van der Waals surface area contributed by atoms with Crippen molar-refractivity contribution in [2.75, 3.05) is 16.9 Å². The maximum Gasteiger partial charge on any atom is 0.274 e. The van der Waals surface area contributed by atoms with E-state index in [1.807, 2.05) is 0 Å². The molecule has 2 heterocycles. The molecule has 0 radical (unpaired) electrons. The van der Waals surface area contributed by atoms with Gasteiger partial charge in [-0.3, -0.25) is 14.9 Å². The number of aromatic nitrogens is 3. The number of nitro groups is 1. The fourth-order valence-electron chi connectivity index (χ4n) is 2.45. The lowest BCUT2D eigenvalue weighted by Crippen LogP contribution is -2.17. The number of carbonyl (C=O) groups excluding carboxylic acids is 1. The van der Waals surface area contributed by atoms with Crippen LogP contribution in [0, 0.1) is 24.0 Å². The van der Waals surface area contributed by atoms with E-state index in [9.17, 15) is 14.9 Å². The molecule has 0 spiro atoms. The zero-order valence-electron chi connectivity index (χ0n) is 14.5. The molecular weight excluding hydrogens is 372 g/mol. The molecule has 0 aliphatic heterocycles. The highest BCUT2D eigenvalue weighted by atomic mass is 32.2. The minimum atomic E-state index is -0.490. The number of anilines is 1. The molecule has 0 aliphatic rings. The van der Waals surface area contributed by atoms with E-state index in [-0.39, 0.29) is 17.3 Å². The summed E-state index contributed by atoms with van der Waals surface area (Å²) in [7, 11) is 0. The van der Waals surface area contributed by atoms with Gasteiger partial charge in [-0.25, -0.2) is 4.68 Å². The first kappa shape index (κ1) is 18.5. The Kier molecular flexibility index (Phi) is 5.12. The normalized spacial score (nSPS) is 10.7. The highest BCUT2D eigenvalue weighted by Gasteiger charge is 2.18. The Bertz CT molecular complexity index is 1010. The summed E-state index contributed by atoms with van der Waals surface area (Å²) in [6, 6.07) is 6.24. The second-order valence-corrected chi connectivity index (χ2v) is 6.55. The predicted octanol–water partition coefficient (Wildman–Crippen LogP) is 2.51. The largest absolute Gasteiger partial charge is 0.469 e. The van der Waals surface area contributed by atoms with Crippen molar-refractivity contribution in [2.45, 2.75) is 19.0 Å². The first-order valence-electron chi connectivity index (χ1n) is 7.80. The van der Waals surface area contributed by atoms with Crippen molar-refractivity contribution in [2.24, 2.45) is 0 Å². The Hall–Kier alpha value is -3.34. The minimum Gasteiger partial charge on any atom is -0.469 e. The first-order chi connectivity index (χ1) is 12.9.